The highest BCUT2D eigenvalue weighted by Crippen LogP contribution is 2.30. The lowest BCUT2D eigenvalue weighted by Crippen LogP contribution is -1.94. The minimum atomic E-state index is -1.10. The van der Waals surface area contributed by atoms with Gasteiger partial charge in [-0.1, -0.05) is 19.0 Å². The molecule has 0 amide bonds. The van der Waals surface area contributed by atoms with Crippen LogP contribution in [0.1, 0.15) is 35.3 Å². The topological polar surface area (TPSA) is 76.2 Å². The monoisotopic (exact) mass is 288 g/mol. The molecule has 6 heteroatoms. The Morgan fingerprint density at radius 2 is 2.15 bits per heavy atom. The number of carbonyl (C=O) groups is 1. The molecule has 1 N–H and O–H groups in total. The van der Waals surface area contributed by atoms with Crippen LogP contribution >= 0.6 is 11.3 Å². The molecule has 0 radical (unpaired) electrons. The third-order valence-corrected chi connectivity index (χ3v) is 4.25. The fourth-order valence-electron chi connectivity index (χ4n) is 1.86. The number of rotatable bonds is 3. The van der Waals surface area contributed by atoms with Crippen molar-refractivity contribution in [1.82, 2.24) is 10.1 Å². The number of benzene rings is 1. The van der Waals surface area contributed by atoms with E-state index >= 15 is 0 Å². The van der Waals surface area contributed by atoms with E-state index in [1.165, 1.54) is 6.07 Å². The smallest absolute Gasteiger partial charge is 0.358 e. The van der Waals surface area contributed by atoms with Gasteiger partial charge in [-0.15, -0.1) is 11.3 Å². The summed E-state index contributed by atoms with van der Waals surface area (Å²) in [6.45, 7) is 4.21. The van der Waals surface area contributed by atoms with Crippen LogP contribution in [0.15, 0.2) is 28.8 Å². The van der Waals surface area contributed by atoms with Crippen molar-refractivity contribution in [3.8, 4) is 11.3 Å². The Hall–Kier alpha value is -2.21. The van der Waals surface area contributed by atoms with Crippen LogP contribution in [0.3, 0.4) is 0 Å². The third kappa shape index (κ3) is 2.18. The van der Waals surface area contributed by atoms with E-state index in [0.717, 1.165) is 20.8 Å². The van der Waals surface area contributed by atoms with Gasteiger partial charge in [-0.05, 0) is 18.2 Å². The molecule has 2 aromatic heterocycles. The van der Waals surface area contributed by atoms with Gasteiger partial charge in [0.25, 0.3) is 0 Å². The number of thiazole rings is 1. The molecule has 1 aromatic carbocycles. The van der Waals surface area contributed by atoms with Gasteiger partial charge >= 0.3 is 5.97 Å². The van der Waals surface area contributed by atoms with Crippen molar-refractivity contribution in [3.05, 3.63) is 35.0 Å². The van der Waals surface area contributed by atoms with E-state index in [1.54, 1.807) is 11.3 Å². The molecule has 0 aliphatic heterocycles. The van der Waals surface area contributed by atoms with Crippen LogP contribution < -0.4 is 0 Å². The van der Waals surface area contributed by atoms with E-state index in [-0.39, 0.29) is 5.69 Å². The number of carboxylic acid groups (broad SMARTS) is 1. The molecular formula is C14H12N2O3S. The summed E-state index contributed by atoms with van der Waals surface area (Å²) in [6, 6.07) is 7.16. The third-order valence-electron chi connectivity index (χ3n) is 2.91. The molecular weight excluding hydrogens is 276 g/mol. The largest absolute Gasteiger partial charge is 0.476 e. The number of carboxylic acids is 1. The average Bonchev–Trinajstić information content (AvgIpc) is 3.04. The van der Waals surface area contributed by atoms with E-state index in [9.17, 15) is 4.79 Å². The first-order valence-corrected chi connectivity index (χ1v) is 6.97. The molecule has 20 heavy (non-hydrogen) atoms. The van der Waals surface area contributed by atoms with E-state index in [2.05, 4.69) is 24.0 Å². The Morgan fingerprint density at radius 1 is 1.35 bits per heavy atom. The second-order valence-electron chi connectivity index (χ2n) is 4.77. The molecule has 3 rings (SSSR count). The van der Waals surface area contributed by atoms with E-state index < -0.39 is 5.97 Å². The number of aromatic carboxylic acids is 1. The summed E-state index contributed by atoms with van der Waals surface area (Å²) in [5, 5.41) is 13.4. The van der Waals surface area contributed by atoms with E-state index in [4.69, 9.17) is 9.63 Å². The van der Waals surface area contributed by atoms with Gasteiger partial charge in [-0.3, -0.25) is 0 Å². The summed E-state index contributed by atoms with van der Waals surface area (Å²) < 4.78 is 6.17. The molecule has 0 unspecified atom stereocenters. The van der Waals surface area contributed by atoms with Gasteiger partial charge in [0.2, 0.25) is 0 Å². The van der Waals surface area contributed by atoms with Crippen molar-refractivity contribution in [2.45, 2.75) is 19.8 Å². The van der Waals surface area contributed by atoms with Crippen LogP contribution in [-0.2, 0) is 0 Å². The minimum absolute atomic E-state index is 0.0961. The van der Waals surface area contributed by atoms with Gasteiger partial charge in [0.15, 0.2) is 11.5 Å². The Labute approximate surface area is 118 Å². The van der Waals surface area contributed by atoms with E-state index in [1.807, 2.05) is 18.2 Å². The Morgan fingerprint density at radius 3 is 2.80 bits per heavy atom. The van der Waals surface area contributed by atoms with Crippen molar-refractivity contribution in [3.63, 3.8) is 0 Å². The van der Waals surface area contributed by atoms with E-state index in [0.29, 0.717) is 11.7 Å². The van der Waals surface area contributed by atoms with Crippen LogP contribution in [0.4, 0.5) is 0 Å². The number of fused-ring (bicyclic) bond motifs is 1. The van der Waals surface area contributed by atoms with Crippen LogP contribution in [0.5, 0.6) is 0 Å². The molecule has 0 aliphatic carbocycles. The summed E-state index contributed by atoms with van der Waals surface area (Å²) in [5.74, 6) is -0.278. The van der Waals surface area contributed by atoms with Gasteiger partial charge in [-0.2, -0.15) is 0 Å². The maximum absolute atomic E-state index is 10.8. The lowest BCUT2D eigenvalue weighted by atomic mass is 10.1. The number of hydrogen-bond acceptors (Lipinski definition) is 5. The normalized spacial score (nSPS) is 11.3. The molecule has 2 heterocycles. The molecule has 102 valence electrons. The lowest BCUT2D eigenvalue weighted by molar-refractivity contribution is 0.0686. The Bertz CT molecular complexity index is 789. The predicted molar refractivity (Wildman–Crippen MR) is 76.2 cm³/mol. The minimum Gasteiger partial charge on any atom is -0.476 e. The standard InChI is InChI=1S/C14H12N2O3S/c1-7(2)13-15-9-5-8(3-4-12(9)20-13)11-6-10(14(17)18)16-19-11/h3-7H,1-2H3,(H,17,18). The van der Waals surface area contributed by atoms with Crippen molar-refractivity contribution >= 4 is 27.5 Å². The van der Waals surface area contributed by atoms with Crippen LogP contribution in [0, 0.1) is 0 Å². The summed E-state index contributed by atoms with van der Waals surface area (Å²) >= 11 is 1.67. The number of aromatic nitrogens is 2. The second kappa shape index (κ2) is 4.72. The summed E-state index contributed by atoms with van der Waals surface area (Å²) in [5.41, 5.74) is 1.57. The average molecular weight is 288 g/mol. The molecule has 0 atom stereocenters. The summed E-state index contributed by atoms with van der Waals surface area (Å²) in [6.07, 6.45) is 0. The first kappa shape index (κ1) is 12.8. The van der Waals surface area contributed by atoms with Crippen molar-refractivity contribution in [2.75, 3.05) is 0 Å². The quantitative estimate of drug-likeness (QED) is 0.793. The van der Waals surface area contributed by atoms with Gasteiger partial charge in [0.1, 0.15) is 0 Å². The SMILES string of the molecule is CC(C)c1nc2cc(-c3cc(C(=O)O)no3)ccc2s1. The Kier molecular flexibility index (Phi) is 3.02. The zero-order valence-corrected chi connectivity index (χ0v) is 11.8. The first-order valence-electron chi connectivity index (χ1n) is 6.15. The molecule has 3 aromatic rings. The highest BCUT2D eigenvalue weighted by atomic mass is 32.1. The van der Waals surface area contributed by atoms with Gasteiger partial charge in [0, 0.05) is 17.5 Å². The number of hydrogen-bond donors (Lipinski definition) is 1. The lowest BCUT2D eigenvalue weighted by Gasteiger charge is -1.95. The predicted octanol–water partition coefficient (Wildman–Crippen LogP) is 3.77. The van der Waals surface area contributed by atoms with Crippen molar-refractivity contribution in [2.24, 2.45) is 0 Å². The van der Waals surface area contributed by atoms with Gasteiger partial charge in [0.05, 0.1) is 15.2 Å². The van der Waals surface area contributed by atoms with Crippen LogP contribution in [-0.4, -0.2) is 21.2 Å². The maximum Gasteiger partial charge on any atom is 0.358 e. The second-order valence-corrected chi connectivity index (χ2v) is 5.83. The molecule has 0 fully saturated rings. The molecule has 0 saturated heterocycles. The molecule has 0 bridgehead atoms. The molecule has 0 saturated carbocycles. The molecule has 0 spiro atoms. The maximum atomic E-state index is 10.8. The van der Waals surface area contributed by atoms with Crippen molar-refractivity contribution in [1.29, 1.82) is 0 Å². The van der Waals surface area contributed by atoms with Gasteiger partial charge in [-0.25, -0.2) is 9.78 Å². The molecule has 5 nitrogen and oxygen atoms in total. The summed E-state index contributed by atoms with van der Waals surface area (Å²) in [4.78, 5) is 15.4. The Balaban J connectivity index is 2.05. The zero-order chi connectivity index (χ0) is 14.3. The van der Waals surface area contributed by atoms with Crippen LogP contribution in [0.25, 0.3) is 21.5 Å². The van der Waals surface area contributed by atoms with Gasteiger partial charge < -0.3 is 9.63 Å². The fraction of sp³-hybridized carbons (Fsp3) is 0.214. The number of nitrogens with zero attached hydrogens (tertiary/aromatic N) is 2. The summed E-state index contributed by atoms with van der Waals surface area (Å²) in [7, 11) is 0. The fourth-order valence-corrected chi connectivity index (χ4v) is 2.81. The zero-order valence-electron chi connectivity index (χ0n) is 11.0. The first-order chi connectivity index (χ1) is 9.54. The van der Waals surface area contributed by atoms with Crippen molar-refractivity contribution < 1.29 is 14.4 Å². The highest BCUT2D eigenvalue weighted by molar-refractivity contribution is 7.18. The highest BCUT2D eigenvalue weighted by Gasteiger charge is 2.14. The van der Waals surface area contributed by atoms with Crippen LogP contribution in [0.2, 0.25) is 0 Å². The molecule has 0 aliphatic rings.